The van der Waals surface area contributed by atoms with Gasteiger partial charge in [-0.2, -0.15) is 4.98 Å². The van der Waals surface area contributed by atoms with Crippen LogP contribution in [0.3, 0.4) is 0 Å². The van der Waals surface area contributed by atoms with Crippen LogP contribution in [0.15, 0.2) is 49.2 Å². The molecule has 1 fully saturated rings. The largest absolute Gasteiger partial charge is 0.367 e. The number of carbonyl (C=O) groups is 1. The molecule has 31 heavy (non-hydrogen) atoms. The van der Waals surface area contributed by atoms with Crippen LogP contribution in [0.4, 0.5) is 17.5 Å². The number of benzene rings is 1. The Bertz CT molecular complexity index is 979. The van der Waals surface area contributed by atoms with Gasteiger partial charge in [-0.15, -0.1) is 0 Å². The number of likely N-dealkylation sites (tertiary alicyclic amines) is 1. The quantitative estimate of drug-likeness (QED) is 0.550. The Morgan fingerprint density at radius 3 is 2.55 bits per heavy atom. The van der Waals surface area contributed by atoms with E-state index in [9.17, 15) is 4.79 Å². The minimum Gasteiger partial charge on any atom is -0.367 e. The molecule has 2 aromatic heterocycles. The lowest BCUT2D eigenvalue weighted by molar-refractivity contribution is -0.118. The third kappa shape index (κ3) is 6.11. The van der Waals surface area contributed by atoms with Crippen molar-refractivity contribution in [1.82, 2.24) is 24.8 Å². The minimum atomic E-state index is 0.212. The average Bonchev–Trinajstić information content (AvgIpc) is 2.82. The summed E-state index contributed by atoms with van der Waals surface area (Å²) in [5.74, 6) is 1.16. The number of anilines is 3. The summed E-state index contributed by atoms with van der Waals surface area (Å²) in [6, 6.07) is 7.59. The zero-order chi connectivity index (χ0) is 22.1. The van der Waals surface area contributed by atoms with Gasteiger partial charge in [0, 0.05) is 59.6 Å². The summed E-state index contributed by atoms with van der Waals surface area (Å²) >= 11 is 6.06. The van der Waals surface area contributed by atoms with Crippen LogP contribution < -0.4 is 10.6 Å². The van der Waals surface area contributed by atoms with E-state index in [-0.39, 0.29) is 6.04 Å². The summed E-state index contributed by atoms with van der Waals surface area (Å²) in [6.07, 6.45) is 9.31. The van der Waals surface area contributed by atoms with Crippen molar-refractivity contribution < 1.29 is 4.79 Å². The Labute approximate surface area is 187 Å². The first-order valence-electron chi connectivity index (χ1n) is 10.3. The summed E-state index contributed by atoms with van der Waals surface area (Å²) in [5.41, 5.74) is 2.45. The van der Waals surface area contributed by atoms with E-state index in [0.29, 0.717) is 16.8 Å². The van der Waals surface area contributed by atoms with Gasteiger partial charge >= 0.3 is 0 Å². The highest BCUT2D eigenvalue weighted by Crippen LogP contribution is 2.28. The molecule has 0 atom stereocenters. The van der Waals surface area contributed by atoms with Gasteiger partial charge in [-0.3, -0.25) is 4.79 Å². The molecule has 9 heteroatoms. The molecule has 4 rings (SSSR count). The number of amides is 1. The second-order valence-electron chi connectivity index (χ2n) is 6.78. The monoisotopic (exact) mass is 439 g/mol. The molecule has 0 spiro atoms. The van der Waals surface area contributed by atoms with E-state index >= 15 is 0 Å². The predicted octanol–water partition coefficient (Wildman–Crippen LogP) is 4.39. The number of hydrogen-bond acceptors (Lipinski definition) is 7. The standard InChI is InChI=1S/C20H20ClN7O.C2H6/c21-15-2-1-3-17(8-15)26-20-24-11-18(14-9-22-12-23-10-14)19(27-20)25-16-4-6-28(13-29)7-5-16;1-2/h1-3,8-13,16H,4-7H2,(H2,24,25,26,27);1-2H3. The highest BCUT2D eigenvalue weighted by molar-refractivity contribution is 6.30. The number of rotatable bonds is 6. The maximum absolute atomic E-state index is 11.0. The van der Waals surface area contributed by atoms with E-state index in [1.807, 2.05) is 38.1 Å². The number of hydrogen-bond donors (Lipinski definition) is 2. The van der Waals surface area contributed by atoms with E-state index in [0.717, 1.165) is 49.2 Å². The molecule has 0 radical (unpaired) electrons. The van der Waals surface area contributed by atoms with Crippen LogP contribution in [0.25, 0.3) is 11.1 Å². The van der Waals surface area contributed by atoms with Crippen molar-refractivity contribution in [3.05, 3.63) is 54.2 Å². The van der Waals surface area contributed by atoms with E-state index in [1.165, 1.54) is 6.33 Å². The summed E-state index contributed by atoms with van der Waals surface area (Å²) < 4.78 is 0. The third-order valence-corrected chi connectivity index (χ3v) is 5.00. The molecule has 0 saturated carbocycles. The smallest absolute Gasteiger partial charge is 0.229 e. The van der Waals surface area contributed by atoms with Gasteiger partial charge in [0.2, 0.25) is 12.4 Å². The SMILES string of the molecule is CC.O=CN1CCC(Nc2nc(Nc3cccc(Cl)c3)ncc2-c2cncnc2)CC1. The van der Waals surface area contributed by atoms with Gasteiger partial charge < -0.3 is 15.5 Å². The van der Waals surface area contributed by atoms with Crippen molar-refractivity contribution in [3.63, 3.8) is 0 Å². The molecule has 1 saturated heterocycles. The zero-order valence-electron chi connectivity index (χ0n) is 17.6. The lowest BCUT2D eigenvalue weighted by Gasteiger charge is -2.30. The van der Waals surface area contributed by atoms with Gasteiger partial charge in [-0.1, -0.05) is 31.5 Å². The van der Waals surface area contributed by atoms with Crippen LogP contribution >= 0.6 is 11.6 Å². The topological polar surface area (TPSA) is 95.9 Å². The van der Waals surface area contributed by atoms with E-state index < -0.39 is 0 Å². The molecule has 0 aliphatic carbocycles. The van der Waals surface area contributed by atoms with Crippen molar-refractivity contribution in [2.75, 3.05) is 23.7 Å². The Balaban J connectivity index is 0.00000132. The first kappa shape index (κ1) is 22.4. The summed E-state index contributed by atoms with van der Waals surface area (Å²) in [4.78, 5) is 30.1. The van der Waals surface area contributed by atoms with Crippen LogP contribution in [0.1, 0.15) is 26.7 Å². The van der Waals surface area contributed by atoms with Gasteiger partial charge in [-0.25, -0.2) is 15.0 Å². The number of piperidine rings is 1. The highest BCUT2D eigenvalue weighted by Gasteiger charge is 2.20. The van der Waals surface area contributed by atoms with Crippen molar-refractivity contribution in [3.8, 4) is 11.1 Å². The second kappa shape index (κ2) is 11.2. The third-order valence-electron chi connectivity index (χ3n) is 4.76. The molecule has 0 unspecified atom stereocenters. The molecule has 1 amide bonds. The lowest BCUT2D eigenvalue weighted by Crippen LogP contribution is -2.38. The number of nitrogens with one attached hydrogen (secondary N) is 2. The molecule has 1 aliphatic heterocycles. The van der Waals surface area contributed by atoms with E-state index in [1.54, 1.807) is 23.5 Å². The second-order valence-corrected chi connectivity index (χ2v) is 7.21. The molecule has 1 aliphatic rings. The van der Waals surface area contributed by atoms with Gasteiger partial charge in [-0.05, 0) is 31.0 Å². The van der Waals surface area contributed by atoms with Crippen LogP contribution in [0.5, 0.6) is 0 Å². The van der Waals surface area contributed by atoms with Crippen LogP contribution in [-0.2, 0) is 4.79 Å². The number of aromatic nitrogens is 4. The molecular weight excluding hydrogens is 414 g/mol. The minimum absolute atomic E-state index is 0.212. The maximum Gasteiger partial charge on any atom is 0.229 e. The van der Waals surface area contributed by atoms with Crippen LogP contribution in [0, 0.1) is 0 Å². The number of halogens is 1. The zero-order valence-corrected chi connectivity index (χ0v) is 18.4. The Kier molecular flexibility index (Phi) is 8.12. The molecule has 2 N–H and O–H groups in total. The fourth-order valence-corrected chi connectivity index (χ4v) is 3.43. The lowest BCUT2D eigenvalue weighted by atomic mass is 10.0. The van der Waals surface area contributed by atoms with E-state index in [2.05, 4.69) is 25.6 Å². The summed E-state index contributed by atoms with van der Waals surface area (Å²) in [7, 11) is 0. The molecule has 3 aromatic rings. The molecule has 8 nitrogen and oxygen atoms in total. The number of nitrogens with zero attached hydrogens (tertiary/aromatic N) is 5. The van der Waals surface area contributed by atoms with E-state index in [4.69, 9.17) is 16.6 Å². The fraction of sp³-hybridized carbons (Fsp3) is 0.318. The van der Waals surface area contributed by atoms with Crippen molar-refractivity contribution in [2.45, 2.75) is 32.7 Å². The number of carbonyl (C=O) groups excluding carboxylic acids is 1. The molecule has 0 bridgehead atoms. The van der Waals surface area contributed by atoms with Crippen molar-refractivity contribution in [2.24, 2.45) is 0 Å². The van der Waals surface area contributed by atoms with Gasteiger partial charge in [0.15, 0.2) is 0 Å². The van der Waals surface area contributed by atoms with Gasteiger partial charge in [0.25, 0.3) is 0 Å². The maximum atomic E-state index is 11.0. The molecular formula is C22H26ClN7O. The predicted molar refractivity (Wildman–Crippen MR) is 123 cm³/mol. The fourth-order valence-electron chi connectivity index (χ4n) is 3.24. The van der Waals surface area contributed by atoms with Crippen molar-refractivity contribution in [1.29, 1.82) is 0 Å². The summed E-state index contributed by atoms with van der Waals surface area (Å²) in [6.45, 7) is 5.45. The average molecular weight is 440 g/mol. The Morgan fingerprint density at radius 2 is 1.87 bits per heavy atom. The first-order valence-corrected chi connectivity index (χ1v) is 10.7. The molecule has 3 heterocycles. The Morgan fingerprint density at radius 1 is 1.13 bits per heavy atom. The van der Waals surface area contributed by atoms with Gasteiger partial charge in [0.1, 0.15) is 12.1 Å². The van der Waals surface area contributed by atoms with Gasteiger partial charge in [0.05, 0.1) is 0 Å². The van der Waals surface area contributed by atoms with Crippen LogP contribution in [0.2, 0.25) is 5.02 Å². The first-order chi connectivity index (χ1) is 15.2. The van der Waals surface area contributed by atoms with Crippen LogP contribution in [-0.4, -0.2) is 50.4 Å². The highest BCUT2D eigenvalue weighted by atomic mass is 35.5. The molecule has 162 valence electrons. The molecule has 1 aromatic carbocycles. The van der Waals surface area contributed by atoms with Crippen molar-refractivity contribution >= 4 is 35.5 Å². The normalized spacial score (nSPS) is 13.7. The summed E-state index contributed by atoms with van der Waals surface area (Å²) in [5, 5.41) is 7.33. The Hall–Kier alpha value is -3.26.